The van der Waals surface area contributed by atoms with Crippen LogP contribution in [0, 0.1) is 29.6 Å². The van der Waals surface area contributed by atoms with Crippen LogP contribution in [0.1, 0.15) is 92.7 Å². The molecule has 2 aromatic rings. The van der Waals surface area contributed by atoms with E-state index in [9.17, 15) is 53.4 Å². The molecular formula is C49H75N9O11. The first-order valence-electron chi connectivity index (χ1n) is 23.5. The fourth-order valence-corrected chi connectivity index (χ4v) is 7.34. The molecule has 0 heterocycles. The largest absolute Gasteiger partial charge is 0.480 e. The molecule has 0 unspecified atom stereocenters. The number of carbonyl (C=O) groups is 9. The molecule has 8 amide bonds. The highest BCUT2D eigenvalue weighted by Gasteiger charge is 2.37. The number of hydrogen-bond donors (Lipinski definition) is 11. The summed E-state index contributed by atoms with van der Waals surface area (Å²) in [4.78, 5) is 120. The van der Waals surface area contributed by atoms with Crippen LogP contribution < -0.4 is 48.3 Å². The van der Waals surface area contributed by atoms with Gasteiger partial charge in [0, 0.05) is 12.8 Å². The number of aliphatic carboxylic acids is 1. The van der Waals surface area contributed by atoms with Crippen LogP contribution in [0.4, 0.5) is 0 Å². The minimum Gasteiger partial charge on any atom is -0.480 e. The number of aliphatic hydroxyl groups excluding tert-OH is 1. The van der Waals surface area contributed by atoms with Gasteiger partial charge >= 0.3 is 5.97 Å². The van der Waals surface area contributed by atoms with Crippen molar-refractivity contribution in [3.05, 3.63) is 71.8 Å². The van der Waals surface area contributed by atoms with E-state index in [1.807, 2.05) is 20.8 Å². The first kappa shape index (κ1) is 58.7. The van der Waals surface area contributed by atoms with Crippen molar-refractivity contribution in [1.82, 2.24) is 42.5 Å². The van der Waals surface area contributed by atoms with Gasteiger partial charge < -0.3 is 58.5 Å². The summed E-state index contributed by atoms with van der Waals surface area (Å²) in [5.41, 5.74) is 6.77. The predicted molar refractivity (Wildman–Crippen MR) is 258 cm³/mol. The zero-order valence-electron chi connectivity index (χ0n) is 41.3. The number of benzene rings is 2. The number of aliphatic hydroxyl groups is 1. The monoisotopic (exact) mass is 966 g/mol. The van der Waals surface area contributed by atoms with Crippen LogP contribution in [0.3, 0.4) is 0 Å². The minimum absolute atomic E-state index is 0.0536. The maximum atomic E-state index is 14.2. The Labute approximate surface area is 405 Å². The highest BCUT2D eigenvalue weighted by molar-refractivity contribution is 6.03. The van der Waals surface area contributed by atoms with Gasteiger partial charge in [0.1, 0.15) is 42.3 Å². The highest BCUT2D eigenvalue weighted by Crippen LogP contribution is 2.16. The molecule has 0 saturated heterocycles. The molecule has 382 valence electrons. The van der Waals surface area contributed by atoms with Crippen molar-refractivity contribution in [3.63, 3.8) is 0 Å². The van der Waals surface area contributed by atoms with Gasteiger partial charge in [0.15, 0.2) is 0 Å². The second-order valence-electron chi connectivity index (χ2n) is 18.6. The van der Waals surface area contributed by atoms with Crippen LogP contribution in [0.5, 0.6) is 0 Å². The smallest absolute Gasteiger partial charge is 0.326 e. The molecule has 69 heavy (non-hydrogen) atoms. The summed E-state index contributed by atoms with van der Waals surface area (Å²) in [7, 11) is 0. The number of rotatable bonds is 29. The number of carboxylic acids is 1. The zero-order chi connectivity index (χ0) is 52.0. The average Bonchev–Trinajstić information content (AvgIpc) is 3.27. The number of hydrogen-bond acceptors (Lipinski definition) is 11. The van der Waals surface area contributed by atoms with Crippen molar-refractivity contribution in [2.45, 2.75) is 137 Å². The van der Waals surface area contributed by atoms with Crippen molar-refractivity contribution < 1.29 is 53.4 Å². The van der Waals surface area contributed by atoms with E-state index in [0.29, 0.717) is 17.5 Å². The molecule has 0 aliphatic heterocycles. The summed E-state index contributed by atoms with van der Waals surface area (Å²) in [6, 6.07) is 11.1. The molecule has 0 aliphatic rings. The minimum atomic E-state index is -1.62. The molecule has 0 aliphatic carbocycles. The van der Waals surface area contributed by atoms with E-state index >= 15 is 0 Å². The molecule has 12 N–H and O–H groups in total. The van der Waals surface area contributed by atoms with E-state index in [1.165, 1.54) is 6.92 Å². The van der Waals surface area contributed by atoms with E-state index in [2.05, 4.69) is 42.5 Å². The molecule has 20 heteroatoms. The van der Waals surface area contributed by atoms with Crippen LogP contribution >= 0.6 is 0 Å². The normalized spacial score (nSPS) is 15.2. The fraction of sp³-hybridized carbons (Fsp3) is 0.571. The number of nitrogens with two attached hydrogens (primary N) is 1. The molecule has 9 atom stereocenters. The number of nitrogens with one attached hydrogen (secondary N) is 8. The van der Waals surface area contributed by atoms with Crippen LogP contribution in [0.15, 0.2) is 60.7 Å². The van der Waals surface area contributed by atoms with Gasteiger partial charge in [0.05, 0.1) is 19.2 Å². The summed E-state index contributed by atoms with van der Waals surface area (Å²) in [6.07, 6.45) is -1.82. The number of amides is 8. The molecule has 0 radical (unpaired) electrons. The average molecular weight is 966 g/mol. The summed E-state index contributed by atoms with van der Waals surface area (Å²) < 4.78 is 0. The number of carbonyl (C=O) groups excluding carboxylic acids is 8. The van der Waals surface area contributed by atoms with Crippen molar-refractivity contribution in [3.8, 4) is 0 Å². The maximum Gasteiger partial charge on any atom is 0.326 e. The third kappa shape index (κ3) is 20.8. The molecule has 2 rings (SSSR count). The van der Waals surface area contributed by atoms with Crippen molar-refractivity contribution in [2.75, 3.05) is 13.1 Å². The van der Waals surface area contributed by atoms with Gasteiger partial charge in [-0.15, -0.1) is 0 Å². The lowest BCUT2D eigenvalue weighted by atomic mass is 9.92. The third-order valence-corrected chi connectivity index (χ3v) is 11.2. The van der Waals surface area contributed by atoms with E-state index in [4.69, 9.17) is 5.73 Å². The second-order valence-corrected chi connectivity index (χ2v) is 18.6. The summed E-state index contributed by atoms with van der Waals surface area (Å²) in [6.45, 7) is 14.5. The van der Waals surface area contributed by atoms with E-state index in [1.54, 1.807) is 95.3 Å². The maximum absolute atomic E-state index is 14.2. The Morgan fingerprint density at radius 3 is 1.52 bits per heavy atom. The van der Waals surface area contributed by atoms with Gasteiger partial charge in [0.25, 0.3) is 0 Å². The summed E-state index contributed by atoms with van der Waals surface area (Å²) in [5, 5.41) is 41.1. The lowest BCUT2D eigenvalue weighted by molar-refractivity contribution is -0.144. The van der Waals surface area contributed by atoms with E-state index in [-0.39, 0.29) is 50.0 Å². The van der Waals surface area contributed by atoms with Crippen molar-refractivity contribution in [1.29, 1.82) is 0 Å². The van der Waals surface area contributed by atoms with Crippen LogP contribution in [-0.4, -0.2) is 119 Å². The summed E-state index contributed by atoms with van der Waals surface area (Å²) in [5.74, 6) is -9.89. The van der Waals surface area contributed by atoms with Gasteiger partial charge in [-0.25, -0.2) is 4.79 Å². The third-order valence-electron chi connectivity index (χ3n) is 11.2. The highest BCUT2D eigenvalue weighted by atomic mass is 16.4. The Hall–Kier alpha value is -6.41. The number of carboxylic acid groups (broad SMARTS) is 1. The molecule has 0 fully saturated rings. The molecule has 20 nitrogen and oxygen atoms in total. The first-order valence-corrected chi connectivity index (χ1v) is 23.5. The zero-order valence-corrected chi connectivity index (χ0v) is 41.3. The van der Waals surface area contributed by atoms with Crippen molar-refractivity contribution >= 4 is 53.2 Å². The second kappa shape index (κ2) is 29.5. The lowest BCUT2D eigenvalue weighted by Crippen LogP contribution is -2.60. The lowest BCUT2D eigenvalue weighted by Gasteiger charge is -2.29. The Bertz CT molecular complexity index is 2020. The van der Waals surface area contributed by atoms with Gasteiger partial charge in [-0.2, -0.15) is 0 Å². The van der Waals surface area contributed by atoms with E-state index in [0.717, 1.165) is 0 Å². The Morgan fingerprint density at radius 1 is 0.536 bits per heavy atom. The van der Waals surface area contributed by atoms with Crippen LogP contribution in [-0.2, 0) is 56.0 Å². The SMILES string of the molecule is CC[C@H](C)[C@H](NC(=O)CN)C(=O)N[C@@H](CC(C)C)C(=O)NCC(=O)N[C@@H](Cc1ccccc1)NC(=O)[C@@H](C(=O)N[C@@H](Cc1ccccc1)C(=O)N[C@H](C(=O)N[C@@H](CC(C)C)C(=O)O)[C@@H](C)O)C(C)C. The van der Waals surface area contributed by atoms with Crippen LogP contribution in [0.2, 0.25) is 0 Å². The molecule has 2 aromatic carbocycles. The molecule has 0 aromatic heterocycles. The topological polar surface area (TPSA) is 316 Å². The summed E-state index contributed by atoms with van der Waals surface area (Å²) >= 11 is 0. The molecular weight excluding hydrogens is 891 g/mol. The Kier molecular flexibility index (Phi) is 25.1. The Morgan fingerprint density at radius 2 is 1.03 bits per heavy atom. The Balaban J connectivity index is 2.35. The van der Waals surface area contributed by atoms with Gasteiger partial charge in [0.2, 0.25) is 47.3 Å². The fourth-order valence-electron chi connectivity index (χ4n) is 7.34. The first-order chi connectivity index (χ1) is 32.5. The quantitative estimate of drug-likeness (QED) is 0.0390. The standard InChI is InChI=1S/C49H75N9O11/c1-10-30(8)41(57-38(60)25-50)47(66)53-34(21-27(2)3)43(62)51-26-39(61)55-37(24-33-19-15-12-16-20-33)56-46(65)40(29(6)7)45(64)52-35(23-32-17-13-11-14-18-32)44(63)58-42(31(9)59)48(67)54-36(49(68)69)22-28(4)5/h11-20,27-31,34-37,40-42,59H,10,21-26,50H2,1-9H3,(H,51,62)(H,52,64)(H,53,66)(H,54,67)(H,55,61)(H,56,65)(H,57,60)(H,58,63)(H,68,69)/t30-,31+,34-,35-,36-,37+,40+,41-,42-/m0/s1. The van der Waals surface area contributed by atoms with E-state index < -0.39 is 114 Å². The molecule has 0 bridgehead atoms. The van der Waals surface area contributed by atoms with Gasteiger partial charge in [-0.05, 0) is 54.6 Å². The molecule has 0 saturated carbocycles. The van der Waals surface area contributed by atoms with Crippen LogP contribution in [0.25, 0.3) is 0 Å². The molecule has 0 spiro atoms. The predicted octanol–water partition coefficient (Wildman–Crippen LogP) is 0.405. The van der Waals surface area contributed by atoms with Gasteiger partial charge in [-0.1, -0.05) is 122 Å². The van der Waals surface area contributed by atoms with Crippen molar-refractivity contribution in [2.24, 2.45) is 35.3 Å². The van der Waals surface area contributed by atoms with Gasteiger partial charge in [-0.3, -0.25) is 38.4 Å².